The van der Waals surface area contributed by atoms with E-state index in [1.165, 1.54) is 11.3 Å². The third-order valence-electron chi connectivity index (χ3n) is 3.90. The molecule has 1 unspecified atom stereocenters. The zero-order chi connectivity index (χ0) is 13.8. The van der Waals surface area contributed by atoms with E-state index in [9.17, 15) is 4.79 Å². The number of methoxy groups -OCH3 is 1. The van der Waals surface area contributed by atoms with Crippen LogP contribution in [0.25, 0.3) is 0 Å². The van der Waals surface area contributed by atoms with Crippen LogP contribution in [0.15, 0.2) is 0 Å². The Morgan fingerprint density at radius 2 is 2.21 bits per heavy atom. The molecule has 0 radical (unpaired) electrons. The van der Waals surface area contributed by atoms with Crippen molar-refractivity contribution in [1.29, 1.82) is 0 Å². The summed E-state index contributed by atoms with van der Waals surface area (Å²) in [6, 6.07) is 0. The first-order chi connectivity index (χ1) is 9.19. The van der Waals surface area contributed by atoms with Crippen molar-refractivity contribution >= 4 is 22.8 Å². The van der Waals surface area contributed by atoms with Crippen molar-refractivity contribution in [3.8, 4) is 0 Å². The first-order valence-corrected chi connectivity index (χ1v) is 7.74. The van der Waals surface area contributed by atoms with Gasteiger partial charge in [0.05, 0.1) is 16.7 Å². The molecular formula is C14H22N2O2S. The Bertz CT molecular complexity index is 425. The van der Waals surface area contributed by atoms with Crippen LogP contribution in [0.1, 0.15) is 54.4 Å². The highest BCUT2D eigenvalue weighted by atomic mass is 32.1. The van der Waals surface area contributed by atoms with E-state index in [-0.39, 0.29) is 0 Å². The van der Waals surface area contributed by atoms with Crippen molar-refractivity contribution in [2.45, 2.75) is 45.1 Å². The van der Waals surface area contributed by atoms with E-state index in [0.717, 1.165) is 54.3 Å². The summed E-state index contributed by atoms with van der Waals surface area (Å²) in [7, 11) is 1.77. The van der Waals surface area contributed by atoms with Gasteiger partial charge in [0.15, 0.2) is 11.4 Å². The molecule has 2 heterocycles. The van der Waals surface area contributed by atoms with E-state index in [1.807, 2.05) is 0 Å². The van der Waals surface area contributed by atoms with Crippen LogP contribution in [0, 0.1) is 0 Å². The van der Waals surface area contributed by atoms with Gasteiger partial charge < -0.3 is 9.64 Å². The Hall–Kier alpha value is -0.940. The SMILES string of the molecule is CCC(C)c1nc(N2CCC(OC)CC2)sc1C=O. The van der Waals surface area contributed by atoms with E-state index in [1.54, 1.807) is 7.11 Å². The molecule has 1 aromatic rings. The Balaban J connectivity index is 2.13. The molecule has 0 N–H and O–H groups in total. The van der Waals surface area contributed by atoms with Crippen LogP contribution in [0.5, 0.6) is 0 Å². The smallest absolute Gasteiger partial charge is 0.186 e. The van der Waals surface area contributed by atoms with Crippen molar-refractivity contribution in [3.63, 3.8) is 0 Å². The number of aromatic nitrogens is 1. The number of nitrogens with zero attached hydrogens (tertiary/aromatic N) is 2. The number of ether oxygens (including phenoxy) is 1. The summed E-state index contributed by atoms with van der Waals surface area (Å²) in [6.07, 6.45) is 4.40. The highest BCUT2D eigenvalue weighted by molar-refractivity contribution is 7.17. The molecule has 0 bridgehead atoms. The zero-order valence-electron chi connectivity index (χ0n) is 11.9. The van der Waals surface area contributed by atoms with E-state index < -0.39 is 0 Å². The Labute approximate surface area is 118 Å². The molecule has 5 heteroatoms. The third-order valence-corrected chi connectivity index (χ3v) is 4.96. The van der Waals surface area contributed by atoms with E-state index in [4.69, 9.17) is 9.72 Å². The van der Waals surface area contributed by atoms with Gasteiger partial charge in [-0.05, 0) is 25.2 Å². The molecule has 106 valence electrons. The second kappa shape index (κ2) is 6.48. The van der Waals surface area contributed by atoms with Crippen molar-refractivity contribution in [1.82, 2.24) is 4.98 Å². The molecule has 2 rings (SSSR count). The standard InChI is InChI=1S/C14H22N2O2S/c1-4-10(2)13-12(9-17)19-14(15-13)16-7-5-11(18-3)6-8-16/h9-11H,4-8H2,1-3H3. The minimum Gasteiger partial charge on any atom is -0.381 e. The summed E-state index contributed by atoms with van der Waals surface area (Å²) < 4.78 is 5.38. The van der Waals surface area contributed by atoms with Gasteiger partial charge in [-0.1, -0.05) is 25.2 Å². The minimum absolute atomic E-state index is 0.349. The van der Waals surface area contributed by atoms with Gasteiger partial charge in [-0.2, -0.15) is 0 Å². The molecule has 0 aliphatic carbocycles. The van der Waals surface area contributed by atoms with Gasteiger partial charge in [-0.3, -0.25) is 4.79 Å². The quantitative estimate of drug-likeness (QED) is 0.778. The molecule has 4 nitrogen and oxygen atoms in total. The first kappa shape index (κ1) is 14.5. The predicted molar refractivity (Wildman–Crippen MR) is 78.5 cm³/mol. The summed E-state index contributed by atoms with van der Waals surface area (Å²) in [5.74, 6) is 0.349. The van der Waals surface area contributed by atoms with E-state index in [0.29, 0.717) is 12.0 Å². The van der Waals surface area contributed by atoms with Gasteiger partial charge in [-0.15, -0.1) is 0 Å². The average molecular weight is 282 g/mol. The summed E-state index contributed by atoms with van der Waals surface area (Å²) in [5, 5.41) is 0.993. The van der Waals surface area contributed by atoms with Gasteiger partial charge in [0.1, 0.15) is 0 Å². The fourth-order valence-corrected chi connectivity index (χ4v) is 3.43. The van der Waals surface area contributed by atoms with Crippen LogP contribution in [0.4, 0.5) is 5.13 Å². The van der Waals surface area contributed by atoms with Crippen molar-refractivity contribution in [2.24, 2.45) is 0 Å². The summed E-state index contributed by atoms with van der Waals surface area (Å²) in [6.45, 7) is 6.18. The van der Waals surface area contributed by atoms with Gasteiger partial charge >= 0.3 is 0 Å². The number of hydrogen-bond donors (Lipinski definition) is 0. The number of rotatable bonds is 5. The number of anilines is 1. The number of aldehydes is 1. The Kier molecular flexibility index (Phi) is 4.93. The summed E-state index contributed by atoms with van der Waals surface area (Å²) in [5.41, 5.74) is 0.964. The fourth-order valence-electron chi connectivity index (χ4n) is 2.38. The number of hydrogen-bond acceptors (Lipinski definition) is 5. The molecule has 1 aliphatic rings. The molecule has 1 aliphatic heterocycles. The van der Waals surface area contributed by atoms with Crippen LogP contribution in [0.3, 0.4) is 0 Å². The van der Waals surface area contributed by atoms with Crippen molar-refractivity contribution in [2.75, 3.05) is 25.1 Å². The number of thiazole rings is 1. The normalized spacial score (nSPS) is 18.6. The molecule has 0 aromatic carbocycles. The highest BCUT2D eigenvalue weighted by Crippen LogP contribution is 2.32. The van der Waals surface area contributed by atoms with E-state index >= 15 is 0 Å². The monoisotopic (exact) mass is 282 g/mol. The number of carbonyl (C=O) groups is 1. The van der Waals surface area contributed by atoms with Crippen LogP contribution in [0.2, 0.25) is 0 Å². The molecule has 0 amide bonds. The molecule has 1 atom stereocenters. The van der Waals surface area contributed by atoms with Crippen LogP contribution >= 0.6 is 11.3 Å². The lowest BCUT2D eigenvalue weighted by atomic mass is 10.0. The van der Waals surface area contributed by atoms with Crippen molar-refractivity contribution in [3.05, 3.63) is 10.6 Å². The second-order valence-electron chi connectivity index (χ2n) is 5.10. The van der Waals surface area contributed by atoms with Crippen LogP contribution in [-0.4, -0.2) is 37.6 Å². The molecule has 0 spiro atoms. The van der Waals surface area contributed by atoms with Gasteiger partial charge in [0.2, 0.25) is 0 Å². The third kappa shape index (κ3) is 3.15. The molecule has 19 heavy (non-hydrogen) atoms. The minimum atomic E-state index is 0.349. The highest BCUT2D eigenvalue weighted by Gasteiger charge is 2.23. The molecule has 0 saturated carbocycles. The maximum atomic E-state index is 11.2. The number of carbonyl (C=O) groups excluding carboxylic acids is 1. The van der Waals surface area contributed by atoms with Gasteiger partial charge in [0, 0.05) is 20.2 Å². The topological polar surface area (TPSA) is 42.4 Å². The zero-order valence-corrected chi connectivity index (χ0v) is 12.7. The summed E-state index contributed by atoms with van der Waals surface area (Å²) >= 11 is 1.52. The maximum Gasteiger partial charge on any atom is 0.186 e. The van der Waals surface area contributed by atoms with Gasteiger partial charge in [0.25, 0.3) is 0 Å². The molecule has 1 aromatic heterocycles. The Morgan fingerprint density at radius 1 is 1.53 bits per heavy atom. The average Bonchev–Trinajstić information content (AvgIpc) is 2.90. The molecule has 1 fully saturated rings. The summed E-state index contributed by atoms with van der Waals surface area (Å²) in [4.78, 5) is 18.9. The fraction of sp³-hybridized carbons (Fsp3) is 0.714. The molecule has 1 saturated heterocycles. The van der Waals surface area contributed by atoms with Crippen LogP contribution < -0.4 is 4.90 Å². The van der Waals surface area contributed by atoms with Gasteiger partial charge in [-0.25, -0.2) is 4.98 Å². The lowest BCUT2D eigenvalue weighted by molar-refractivity contribution is 0.0819. The maximum absolute atomic E-state index is 11.2. The van der Waals surface area contributed by atoms with Crippen molar-refractivity contribution < 1.29 is 9.53 Å². The number of piperidine rings is 1. The predicted octanol–water partition coefficient (Wildman–Crippen LogP) is 3.08. The largest absolute Gasteiger partial charge is 0.381 e. The Morgan fingerprint density at radius 3 is 2.74 bits per heavy atom. The lowest BCUT2D eigenvalue weighted by Crippen LogP contribution is -2.36. The van der Waals surface area contributed by atoms with Crippen LogP contribution in [-0.2, 0) is 4.74 Å². The molecular weight excluding hydrogens is 260 g/mol. The lowest BCUT2D eigenvalue weighted by Gasteiger charge is -2.30. The van der Waals surface area contributed by atoms with E-state index in [2.05, 4.69) is 18.7 Å². The second-order valence-corrected chi connectivity index (χ2v) is 6.10. The first-order valence-electron chi connectivity index (χ1n) is 6.93.